The number of hydrogen-bond donors (Lipinski definition) is 1. The summed E-state index contributed by atoms with van der Waals surface area (Å²) in [5.74, 6) is 0.940. The molecule has 1 N–H and O–H groups in total. The lowest BCUT2D eigenvalue weighted by molar-refractivity contribution is 0.142. The first kappa shape index (κ1) is 14.9. The van der Waals surface area contributed by atoms with E-state index in [0.717, 1.165) is 11.8 Å². The topological polar surface area (TPSA) is 21.3 Å². The van der Waals surface area contributed by atoms with Gasteiger partial charge >= 0.3 is 0 Å². The quantitative estimate of drug-likeness (QED) is 0.855. The summed E-state index contributed by atoms with van der Waals surface area (Å²) in [5.41, 5.74) is 1.98. The number of ether oxygens (including phenoxy) is 1. The summed E-state index contributed by atoms with van der Waals surface area (Å²) in [6, 6.07) is 9.67. The summed E-state index contributed by atoms with van der Waals surface area (Å²) in [7, 11) is 1.72. The number of nitrogens with one attached hydrogen (secondary N) is 1. The molecule has 1 aromatic rings. The summed E-state index contributed by atoms with van der Waals surface area (Å²) < 4.78 is 5.25. The van der Waals surface area contributed by atoms with Crippen LogP contribution >= 0.6 is 0 Å². The van der Waals surface area contributed by atoms with Crippen molar-refractivity contribution in [2.45, 2.75) is 70.4 Å². The van der Waals surface area contributed by atoms with Crippen LogP contribution in [-0.2, 0) is 0 Å². The van der Waals surface area contributed by atoms with Crippen LogP contribution in [0.3, 0.4) is 0 Å². The van der Waals surface area contributed by atoms with Crippen molar-refractivity contribution in [2.24, 2.45) is 5.41 Å². The van der Waals surface area contributed by atoms with Gasteiger partial charge in [0.1, 0.15) is 5.75 Å². The summed E-state index contributed by atoms with van der Waals surface area (Å²) in [6.07, 6.45) is 11.4. The molecule has 21 heavy (non-hydrogen) atoms. The zero-order valence-corrected chi connectivity index (χ0v) is 13.5. The Labute approximate surface area is 129 Å². The molecule has 1 aromatic carbocycles. The van der Waals surface area contributed by atoms with Gasteiger partial charge in [-0.25, -0.2) is 0 Å². The van der Waals surface area contributed by atoms with Crippen molar-refractivity contribution in [3.05, 3.63) is 29.8 Å². The van der Waals surface area contributed by atoms with Crippen molar-refractivity contribution in [2.75, 3.05) is 7.11 Å². The molecule has 2 aliphatic rings. The van der Waals surface area contributed by atoms with Crippen molar-refractivity contribution in [1.82, 2.24) is 5.32 Å². The lowest BCUT2D eigenvalue weighted by Crippen LogP contribution is -2.43. The SMILES string of the molecule is COc1ccc([C@@H](C)N[C@@H]2CCCC23CCCCC3)cc1. The van der Waals surface area contributed by atoms with Crippen LogP contribution in [0.25, 0.3) is 0 Å². The third kappa shape index (κ3) is 3.11. The van der Waals surface area contributed by atoms with Gasteiger partial charge in [-0.3, -0.25) is 0 Å². The highest BCUT2D eigenvalue weighted by Crippen LogP contribution is 2.49. The third-order valence-electron chi connectivity index (χ3n) is 5.82. The lowest BCUT2D eigenvalue weighted by Gasteiger charge is -2.40. The van der Waals surface area contributed by atoms with E-state index in [1.165, 1.54) is 56.9 Å². The normalized spacial score (nSPS) is 25.9. The van der Waals surface area contributed by atoms with Gasteiger partial charge in [0, 0.05) is 12.1 Å². The molecule has 2 nitrogen and oxygen atoms in total. The fraction of sp³-hybridized carbons (Fsp3) is 0.684. The van der Waals surface area contributed by atoms with E-state index in [-0.39, 0.29) is 0 Å². The Morgan fingerprint density at radius 1 is 1.05 bits per heavy atom. The van der Waals surface area contributed by atoms with Crippen LogP contribution in [0.1, 0.15) is 69.9 Å². The average molecular weight is 287 g/mol. The predicted octanol–water partition coefficient (Wildman–Crippen LogP) is 4.85. The van der Waals surface area contributed by atoms with Crippen LogP contribution < -0.4 is 10.1 Å². The highest BCUT2D eigenvalue weighted by atomic mass is 16.5. The third-order valence-corrected chi connectivity index (χ3v) is 5.82. The Morgan fingerprint density at radius 3 is 2.38 bits per heavy atom. The van der Waals surface area contributed by atoms with Gasteiger partial charge in [-0.1, -0.05) is 37.8 Å². The number of hydrogen-bond acceptors (Lipinski definition) is 2. The first-order valence-corrected chi connectivity index (χ1v) is 8.63. The van der Waals surface area contributed by atoms with Crippen LogP contribution in [0.15, 0.2) is 24.3 Å². The van der Waals surface area contributed by atoms with Crippen LogP contribution in [0.2, 0.25) is 0 Å². The highest BCUT2D eigenvalue weighted by Gasteiger charge is 2.43. The molecule has 2 atom stereocenters. The zero-order chi connectivity index (χ0) is 14.7. The number of benzene rings is 1. The van der Waals surface area contributed by atoms with Crippen LogP contribution in [-0.4, -0.2) is 13.2 Å². The van der Waals surface area contributed by atoms with Crippen molar-refractivity contribution in [1.29, 1.82) is 0 Å². The van der Waals surface area contributed by atoms with Gasteiger partial charge in [-0.05, 0) is 55.7 Å². The van der Waals surface area contributed by atoms with E-state index in [2.05, 4.69) is 36.5 Å². The summed E-state index contributed by atoms with van der Waals surface area (Å²) >= 11 is 0. The minimum absolute atomic E-state index is 0.429. The second-order valence-corrected chi connectivity index (χ2v) is 7.03. The fourth-order valence-electron chi connectivity index (χ4n) is 4.54. The monoisotopic (exact) mass is 287 g/mol. The van der Waals surface area contributed by atoms with Crippen molar-refractivity contribution in [3.8, 4) is 5.75 Å². The van der Waals surface area contributed by atoms with E-state index in [1.807, 2.05) is 0 Å². The van der Waals surface area contributed by atoms with Crippen LogP contribution in [0.4, 0.5) is 0 Å². The molecule has 0 saturated heterocycles. The molecular weight excluding hydrogens is 258 g/mol. The first-order valence-electron chi connectivity index (χ1n) is 8.63. The van der Waals surface area contributed by atoms with Gasteiger partial charge in [0.2, 0.25) is 0 Å². The van der Waals surface area contributed by atoms with E-state index in [4.69, 9.17) is 4.74 Å². The molecule has 2 saturated carbocycles. The summed E-state index contributed by atoms with van der Waals surface area (Å²) in [5, 5.41) is 3.95. The summed E-state index contributed by atoms with van der Waals surface area (Å²) in [4.78, 5) is 0. The Kier molecular flexibility index (Phi) is 4.54. The van der Waals surface area contributed by atoms with E-state index >= 15 is 0 Å². The molecule has 0 unspecified atom stereocenters. The van der Waals surface area contributed by atoms with Gasteiger partial charge in [-0.15, -0.1) is 0 Å². The van der Waals surface area contributed by atoms with Crippen molar-refractivity contribution in [3.63, 3.8) is 0 Å². The Morgan fingerprint density at radius 2 is 1.71 bits per heavy atom. The largest absolute Gasteiger partial charge is 0.497 e. The Balaban J connectivity index is 1.66. The maximum atomic E-state index is 5.25. The van der Waals surface area contributed by atoms with Crippen LogP contribution in [0, 0.1) is 5.41 Å². The molecule has 0 heterocycles. The first-order chi connectivity index (χ1) is 10.2. The predicted molar refractivity (Wildman–Crippen MR) is 87.7 cm³/mol. The van der Waals surface area contributed by atoms with Crippen LogP contribution in [0.5, 0.6) is 5.75 Å². The van der Waals surface area contributed by atoms with E-state index in [1.54, 1.807) is 7.11 Å². The molecule has 2 fully saturated rings. The summed E-state index contributed by atoms with van der Waals surface area (Å²) in [6.45, 7) is 2.30. The van der Waals surface area contributed by atoms with Gasteiger partial charge in [-0.2, -0.15) is 0 Å². The van der Waals surface area contributed by atoms with Gasteiger partial charge in [0.25, 0.3) is 0 Å². The minimum atomic E-state index is 0.429. The Hall–Kier alpha value is -1.02. The molecule has 1 spiro atoms. The van der Waals surface area contributed by atoms with Gasteiger partial charge in [0.05, 0.1) is 7.11 Å². The second-order valence-electron chi connectivity index (χ2n) is 7.03. The van der Waals surface area contributed by atoms with E-state index in [0.29, 0.717) is 11.5 Å². The van der Waals surface area contributed by atoms with Gasteiger partial charge < -0.3 is 10.1 Å². The van der Waals surface area contributed by atoms with Crippen molar-refractivity contribution >= 4 is 0 Å². The standard InChI is InChI=1S/C19H29NO/c1-15(16-8-10-17(21-2)11-9-16)20-18-7-6-14-19(18)12-4-3-5-13-19/h8-11,15,18,20H,3-7,12-14H2,1-2H3/t15-,18-/m1/s1. The number of methoxy groups -OCH3 is 1. The molecule has 0 aromatic heterocycles. The highest BCUT2D eigenvalue weighted by molar-refractivity contribution is 5.29. The molecular formula is C19H29NO. The fourth-order valence-corrected chi connectivity index (χ4v) is 4.54. The molecule has 0 aliphatic heterocycles. The number of rotatable bonds is 4. The molecule has 0 radical (unpaired) electrons. The molecule has 3 rings (SSSR count). The van der Waals surface area contributed by atoms with Crippen molar-refractivity contribution < 1.29 is 4.74 Å². The van der Waals surface area contributed by atoms with E-state index in [9.17, 15) is 0 Å². The zero-order valence-electron chi connectivity index (χ0n) is 13.5. The average Bonchev–Trinajstić information content (AvgIpc) is 2.90. The molecule has 116 valence electrons. The maximum Gasteiger partial charge on any atom is 0.118 e. The molecule has 2 aliphatic carbocycles. The minimum Gasteiger partial charge on any atom is -0.497 e. The molecule has 0 amide bonds. The smallest absolute Gasteiger partial charge is 0.118 e. The lowest BCUT2D eigenvalue weighted by atomic mass is 9.70. The molecule has 2 heteroatoms. The second kappa shape index (κ2) is 6.39. The Bertz CT molecular complexity index is 447. The maximum absolute atomic E-state index is 5.25. The van der Waals surface area contributed by atoms with E-state index < -0.39 is 0 Å². The van der Waals surface area contributed by atoms with Gasteiger partial charge in [0.15, 0.2) is 0 Å². The molecule has 0 bridgehead atoms.